The molecular weight excluding hydrogens is 293 g/mol. The van der Waals surface area contributed by atoms with Crippen LogP contribution in [0, 0.1) is 11.2 Å². The Bertz CT molecular complexity index is 604. The smallest absolute Gasteiger partial charge is 0.243 e. The Kier molecular flexibility index (Phi) is 5.18. The topological polar surface area (TPSA) is 66.4 Å². The summed E-state index contributed by atoms with van der Waals surface area (Å²) in [4.78, 5) is -0.434. The third-order valence-corrected chi connectivity index (χ3v) is 4.56. The Morgan fingerprint density at radius 3 is 2.24 bits per heavy atom. The lowest BCUT2D eigenvalue weighted by Gasteiger charge is -2.33. The van der Waals surface area contributed by atoms with E-state index in [4.69, 9.17) is 5.11 Å². The van der Waals surface area contributed by atoms with Crippen molar-refractivity contribution in [2.75, 3.05) is 0 Å². The molecule has 1 rings (SSSR count). The van der Waals surface area contributed by atoms with Gasteiger partial charge in [0.2, 0.25) is 10.0 Å². The summed E-state index contributed by atoms with van der Waals surface area (Å²) in [5.74, 6) is -0.828. The van der Waals surface area contributed by atoms with E-state index in [0.717, 1.165) is 12.1 Å². The van der Waals surface area contributed by atoms with E-state index in [1.54, 1.807) is 13.8 Å². The fourth-order valence-electron chi connectivity index (χ4n) is 2.63. The minimum absolute atomic E-state index is 0.0719. The van der Waals surface area contributed by atoms with Crippen molar-refractivity contribution in [2.45, 2.75) is 58.1 Å². The van der Waals surface area contributed by atoms with E-state index in [2.05, 4.69) is 4.72 Å². The highest BCUT2D eigenvalue weighted by atomic mass is 32.2. The zero-order chi connectivity index (χ0) is 16.5. The van der Waals surface area contributed by atoms with Gasteiger partial charge in [-0.2, -0.15) is 0 Å². The number of hydrogen-bond donors (Lipinski definition) is 2. The van der Waals surface area contributed by atoms with Gasteiger partial charge in [-0.1, -0.05) is 26.8 Å². The Balaban J connectivity index is 3.12. The van der Waals surface area contributed by atoms with E-state index in [1.807, 2.05) is 20.8 Å². The molecule has 0 bridgehead atoms. The number of rotatable bonds is 5. The van der Waals surface area contributed by atoms with Crippen LogP contribution in [0.5, 0.6) is 0 Å². The Morgan fingerprint density at radius 2 is 1.76 bits per heavy atom. The summed E-state index contributed by atoms with van der Waals surface area (Å²) in [5.41, 5.74) is -0.429. The van der Waals surface area contributed by atoms with Crippen molar-refractivity contribution in [1.29, 1.82) is 0 Å². The number of benzene rings is 1. The van der Waals surface area contributed by atoms with E-state index < -0.39 is 26.3 Å². The van der Waals surface area contributed by atoms with Crippen LogP contribution in [-0.2, 0) is 16.6 Å². The van der Waals surface area contributed by atoms with Crippen LogP contribution in [-0.4, -0.2) is 19.1 Å². The van der Waals surface area contributed by atoms with Crippen LogP contribution in [0.3, 0.4) is 0 Å². The van der Waals surface area contributed by atoms with Crippen molar-refractivity contribution >= 4 is 10.0 Å². The third kappa shape index (κ3) is 5.37. The molecule has 6 heteroatoms. The standard InChI is InChI=1S/C15H24FNO3S/c1-14(2,3)10-15(4,5)17-21(19,20)13-8-11(9-18)6-7-12(13)16/h6-8,17-18H,9-10H2,1-5H3. The summed E-state index contributed by atoms with van der Waals surface area (Å²) in [7, 11) is -3.99. The van der Waals surface area contributed by atoms with E-state index in [9.17, 15) is 12.8 Å². The highest BCUT2D eigenvalue weighted by Crippen LogP contribution is 2.28. The summed E-state index contributed by atoms with van der Waals surface area (Å²) < 4.78 is 41.1. The quantitative estimate of drug-likeness (QED) is 0.877. The number of hydrogen-bond acceptors (Lipinski definition) is 3. The van der Waals surface area contributed by atoms with Gasteiger partial charge in [-0.3, -0.25) is 0 Å². The van der Waals surface area contributed by atoms with Crippen molar-refractivity contribution in [2.24, 2.45) is 5.41 Å². The lowest BCUT2D eigenvalue weighted by molar-refractivity contribution is 0.269. The molecule has 1 aromatic carbocycles. The SMILES string of the molecule is CC(C)(C)CC(C)(C)NS(=O)(=O)c1cc(CO)ccc1F. The first-order valence-corrected chi connectivity index (χ1v) is 8.28. The van der Waals surface area contributed by atoms with Crippen LogP contribution in [0.15, 0.2) is 23.1 Å². The van der Waals surface area contributed by atoms with Crippen molar-refractivity contribution in [3.63, 3.8) is 0 Å². The molecule has 1 aromatic rings. The number of nitrogens with one attached hydrogen (secondary N) is 1. The zero-order valence-corrected chi connectivity index (χ0v) is 14.0. The first-order chi connectivity index (χ1) is 9.36. The van der Waals surface area contributed by atoms with Gasteiger partial charge in [0.25, 0.3) is 0 Å². The Hall–Kier alpha value is -0.980. The number of sulfonamides is 1. The maximum absolute atomic E-state index is 13.8. The molecular formula is C15H24FNO3S. The highest BCUT2D eigenvalue weighted by Gasteiger charge is 2.31. The molecule has 0 fully saturated rings. The normalized spacial score (nSPS) is 13.5. The van der Waals surface area contributed by atoms with Crippen LogP contribution >= 0.6 is 0 Å². The summed E-state index contributed by atoms with van der Waals surface area (Å²) in [5, 5.41) is 9.07. The molecule has 0 saturated carbocycles. The van der Waals surface area contributed by atoms with E-state index in [-0.39, 0.29) is 12.0 Å². The van der Waals surface area contributed by atoms with Gasteiger partial charge in [0, 0.05) is 5.54 Å². The van der Waals surface area contributed by atoms with Crippen molar-refractivity contribution in [3.8, 4) is 0 Å². The molecule has 0 aliphatic rings. The van der Waals surface area contributed by atoms with Gasteiger partial charge >= 0.3 is 0 Å². The predicted octanol–water partition coefficient (Wildman–Crippen LogP) is 2.81. The molecule has 0 spiro atoms. The van der Waals surface area contributed by atoms with Crippen molar-refractivity contribution in [1.82, 2.24) is 4.72 Å². The van der Waals surface area contributed by atoms with Crippen LogP contribution in [0.2, 0.25) is 0 Å². The van der Waals surface area contributed by atoms with Gasteiger partial charge in [-0.15, -0.1) is 0 Å². The van der Waals surface area contributed by atoms with E-state index in [0.29, 0.717) is 12.0 Å². The number of halogens is 1. The summed E-state index contributed by atoms with van der Waals surface area (Å²) in [6.45, 7) is 9.23. The summed E-state index contributed by atoms with van der Waals surface area (Å²) in [6, 6.07) is 3.57. The molecule has 0 aliphatic heterocycles. The monoisotopic (exact) mass is 317 g/mol. The third-order valence-electron chi connectivity index (χ3n) is 2.85. The second-order valence-corrected chi connectivity index (χ2v) is 8.80. The van der Waals surface area contributed by atoms with Gasteiger partial charge in [0.15, 0.2) is 0 Å². The maximum Gasteiger partial charge on any atom is 0.243 e. The van der Waals surface area contributed by atoms with E-state index in [1.165, 1.54) is 6.07 Å². The second kappa shape index (κ2) is 6.02. The molecule has 0 aliphatic carbocycles. The molecule has 0 aromatic heterocycles. The van der Waals surface area contributed by atoms with Gasteiger partial charge in [0.05, 0.1) is 6.61 Å². The maximum atomic E-state index is 13.8. The van der Waals surface area contributed by atoms with Gasteiger partial charge in [-0.05, 0) is 43.4 Å². The molecule has 0 saturated heterocycles. The fourth-order valence-corrected chi connectivity index (χ4v) is 4.17. The Labute approximate surface area is 126 Å². The number of aliphatic hydroxyl groups excluding tert-OH is 1. The van der Waals surface area contributed by atoms with Crippen LogP contribution in [0.25, 0.3) is 0 Å². The van der Waals surface area contributed by atoms with Gasteiger partial charge in [-0.25, -0.2) is 17.5 Å². The lowest BCUT2D eigenvalue weighted by Crippen LogP contribution is -2.45. The summed E-state index contributed by atoms with van der Waals surface area (Å²) in [6.07, 6.45) is 0.598. The average Bonchev–Trinajstić information content (AvgIpc) is 2.24. The minimum Gasteiger partial charge on any atom is -0.392 e. The minimum atomic E-state index is -3.99. The first kappa shape index (κ1) is 18.1. The summed E-state index contributed by atoms with van der Waals surface area (Å²) >= 11 is 0. The van der Waals surface area contributed by atoms with Gasteiger partial charge in [0.1, 0.15) is 10.7 Å². The molecule has 0 radical (unpaired) electrons. The lowest BCUT2D eigenvalue weighted by atomic mass is 9.82. The van der Waals surface area contributed by atoms with Crippen LogP contribution in [0.1, 0.15) is 46.6 Å². The van der Waals surface area contributed by atoms with Crippen LogP contribution in [0.4, 0.5) is 4.39 Å². The molecule has 0 heterocycles. The molecule has 0 unspecified atom stereocenters. The highest BCUT2D eigenvalue weighted by molar-refractivity contribution is 7.89. The molecule has 0 amide bonds. The largest absolute Gasteiger partial charge is 0.392 e. The molecule has 2 N–H and O–H groups in total. The van der Waals surface area contributed by atoms with Crippen LogP contribution < -0.4 is 4.72 Å². The van der Waals surface area contributed by atoms with Crippen molar-refractivity contribution in [3.05, 3.63) is 29.6 Å². The van der Waals surface area contributed by atoms with Crippen molar-refractivity contribution < 1.29 is 17.9 Å². The van der Waals surface area contributed by atoms with E-state index >= 15 is 0 Å². The molecule has 4 nitrogen and oxygen atoms in total. The zero-order valence-electron chi connectivity index (χ0n) is 13.2. The second-order valence-electron chi connectivity index (χ2n) is 7.15. The number of aliphatic hydroxyl groups is 1. The molecule has 0 atom stereocenters. The average molecular weight is 317 g/mol. The fraction of sp³-hybridized carbons (Fsp3) is 0.600. The Morgan fingerprint density at radius 1 is 1.19 bits per heavy atom. The molecule has 120 valence electrons. The van der Waals surface area contributed by atoms with Gasteiger partial charge < -0.3 is 5.11 Å². The predicted molar refractivity (Wildman–Crippen MR) is 80.8 cm³/mol. The molecule has 21 heavy (non-hydrogen) atoms. The first-order valence-electron chi connectivity index (χ1n) is 6.80.